The standard InChI is InChI=1S/C16H24BrNO2/c1-16(8-4-5-9-20-16)15(18-2)11-12-10-13(17)6-7-14(12)19-3/h6-7,10,15,18H,4-5,8-9,11H2,1-3H3. The number of halogens is 1. The molecule has 20 heavy (non-hydrogen) atoms. The Morgan fingerprint density at radius 1 is 1.45 bits per heavy atom. The zero-order valence-corrected chi connectivity index (χ0v) is 14.1. The van der Waals surface area contributed by atoms with Crippen LogP contribution in [0.1, 0.15) is 31.7 Å². The fourth-order valence-electron chi connectivity index (χ4n) is 2.98. The molecule has 3 nitrogen and oxygen atoms in total. The van der Waals surface area contributed by atoms with Crippen LogP contribution in [0.15, 0.2) is 22.7 Å². The molecule has 0 aromatic heterocycles. The summed E-state index contributed by atoms with van der Waals surface area (Å²) in [5.74, 6) is 0.938. The Labute approximate surface area is 130 Å². The molecule has 2 atom stereocenters. The summed E-state index contributed by atoms with van der Waals surface area (Å²) in [5, 5.41) is 3.44. The van der Waals surface area contributed by atoms with E-state index in [1.165, 1.54) is 18.4 Å². The van der Waals surface area contributed by atoms with Crippen LogP contribution >= 0.6 is 15.9 Å². The molecule has 2 unspecified atom stereocenters. The van der Waals surface area contributed by atoms with Crippen LogP contribution in [0.25, 0.3) is 0 Å². The molecule has 0 bridgehead atoms. The third kappa shape index (κ3) is 3.54. The van der Waals surface area contributed by atoms with Crippen molar-refractivity contribution in [3.63, 3.8) is 0 Å². The van der Waals surface area contributed by atoms with Gasteiger partial charge < -0.3 is 14.8 Å². The molecule has 0 saturated carbocycles. The van der Waals surface area contributed by atoms with Crippen LogP contribution in [0, 0.1) is 0 Å². The van der Waals surface area contributed by atoms with E-state index in [0.29, 0.717) is 0 Å². The topological polar surface area (TPSA) is 30.5 Å². The zero-order valence-electron chi connectivity index (χ0n) is 12.5. The van der Waals surface area contributed by atoms with E-state index in [2.05, 4.69) is 34.2 Å². The van der Waals surface area contributed by atoms with Gasteiger partial charge >= 0.3 is 0 Å². The highest BCUT2D eigenvalue weighted by molar-refractivity contribution is 9.10. The second kappa shape index (κ2) is 6.92. The van der Waals surface area contributed by atoms with Gasteiger partial charge in [0.1, 0.15) is 5.75 Å². The molecule has 1 aliphatic rings. The normalized spacial score (nSPS) is 24.4. The van der Waals surface area contributed by atoms with E-state index in [4.69, 9.17) is 9.47 Å². The molecule has 1 N–H and O–H groups in total. The Bertz CT molecular complexity index is 444. The summed E-state index contributed by atoms with van der Waals surface area (Å²) in [5.41, 5.74) is 1.11. The van der Waals surface area contributed by atoms with E-state index in [9.17, 15) is 0 Å². The SMILES string of the molecule is CNC(Cc1cc(Br)ccc1OC)C1(C)CCCCO1. The van der Waals surface area contributed by atoms with Crippen LogP contribution in [0.4, 0.5) is 0 Å². The minimum absolute atomic E-state index is 0.0969. The minimum Gasteiger partial charge on any atom is -0.496 e. The molecule has 0 radical (unpaired) electrons. The maximum atomic E-state index is 6.08. The number of ether oxygens (including phenoxy) is 2. The highest BCUT2D eigenvalue weighted by atomic mass is 79.9. The number of methoxy groups -OCH3 is 1. The molecule has 1 saturated heterocycles. The van der Waals surface area contributed by atoms with Crippen LogP contribution < -0.4 is 10.1 Å². The molecule has 112 valence electrons. The fraction of sp³-hybridized carbons (Fsp3) is 0.625. The molecular weight excluding hydrogens is 318 g/mol. The molecule has 4 heteroatoms. The first kappa shape index (κ1) is 15.8. The molecule has 0 aliphatic carbocycles. The molecule has 1 aromatic carbocycles. The van der Waals surface area contributed by atoms with Crippen LogP contribution in [0.2, 0.25) is 0 Å². The second-order valence-corrected chi connectivity index (χ2v) is 6.54. The van der Waals surface area contributed by atoms with Crippen LogP contribution in [0.3, 0.4) is 0 Å². The summed E-state index contributed by atoms with van der Waals surface area (Å²) >= 11 is 3.54. The van der Waals surface area contributed by atoms with Crippen molar-refractivity contribution < 1.29 is 9.47 Å². The Morgan fingerprint density at radius 2 is 2.25 bits per heavy atom. The van der Waals surface area contributed by atoms with Gasteiger partial charge in [0.05, 0.1) is 12.7 Å². The molecule has 1 heterocycles. The lowest BCUT2D eigenvalue weighted by Crippen LogP contribution is -2.52. The van der Waals surface area contributed by atoms with Gasteiger partial charge in [-0.25, -0.2) is 0 Å². The largest absolute Gasteiger partial charge is 0.496 e. The summed E-state index contributed by atoms with van der Waals surface area (Å²) in [6.07, 6.45) is 4.42. The monoisotopic (exact) mass is 341 g/mol. The lowest BCUT2D eigenvalue weighted by molar-refractivity contribution is -0.0871. The first-order valence-corrected chi connectivity index (χ1v) is 8.02. The van der Waals surface area contributed by atoms with E-state index < -0.39 is 0 Å². The third-order valence-corrected chi connectivity index (χ3v) is 4.74. The lowest BCUT2D eigenvalue weighted by Gasteiger charge is -2.40. The predicted octanol–water partition coefficient (Wildman–Crippen LogP) is 3.55. The molecule has 1 aliphatic heterocycles. The van der Waals surface area contributed by atoms with Gasteiger partial charge in [-0.1, -0.05) is 15.9 Å². The number of likely N-dealkylation sites (N-methyl/N-ethyl adjacent to an activating group) is 1. The second-order valence-electron chi connectivity index (χ2n) is 5.62. The number of hydrogen-bond acceptors (Lipinski definition) is 3. The van der Waals surface area contributed by atoms with Crippen LogP contribution in [-0.2, 0) is 11.2 Å². The number of nitrogens with one attached hydrogen (secondary N) is 1. The first-order chi connectivity index (χ1) is 9.59. The van der Waals surface area contributed by atoms with E-state index in [-0.39, 0.29) is 11.6 Å². The van der Waals surface area contributed by atoms with Gasteiger partial charge in [0.2, 0.25) is 0 Å². The molecular formula is C16H24BrNO2. The fourth-order valence-corrected chi connectivity index (χ4v) is 3.39. The maximum absolute atomic E-state index is 6.08. The minimum atomic E-state index is -0.0969. The zero-order chi connectivity index (χ0) is 14.6. The van der Waals surface area contributed by atoms with Crippen molar-refractivity contribution in [2.75, 3.05) is 20.8 Å². The van der Waals surface area contributed by atoms with Gasteiger partial charge in [-0.05, 0) is 63.4 Å². The van der Waals surface area contributed by atoms with E-state index in [1.54, 1.807) is 7.11 Å². The summed E-state index contributed by atoms with van der Waals surface area (Å²) in [4.78, 5) is 0. The Hall–Kier alpha value is -0.580. The van der Waals surface area contributed by atoms with Crippen molar-refractivity contribution in [2.45, 2.75) is 44.2 Å². The first-order valence-electron chi connectivity index (χ1n) is 7.22. The summed E-state index contributed by atoms with van der Waals surface area (Å²) < 4.78 is 12.6. The van der Waals surface area contributed by atoms with Crippen molar-refractivity contribution in [3.05, 3.63) is 28.2 Å². The number of hydrogen-bond donors (Lipinski definition) is 1. The van der Waals surface area contributed by atoms with Crippen molar-refractivity contribution in [3.8, 4) is 5.75 Å². The maximum Gasteiger partial charge on any atom is 0.122 e. The van der Waals surface area contributed by atoms with Crippen molar-refractivity contribution >= 4 is 15.9 Å². The van der Waals surface area contributed by atoms with Gasteiger partial charge in [0.25, 0.3) is 0 Å². The third-order valence-electron chi connectivity index (χ3n) is 4.25. The van der Waals surface area contributed by atoms with E-state index >= 15 is 0 Å². The molecule has 1 aromatic rings. The van der Waals surface area contributed by atoms with E-state index in [0.717, 1.165) is 29.7 Å². The number of benzene rings is 1. The van der Waals surface area contributed by atoms with Gasteiger partial charge in [0, 0.05) is 17.1 Å². The lowest BCUT2D eigenvalue weighted by atomic mass is 9.84. The highest BCUT2D eigenvalue weighted by Gasteiger charge is 2.36. The van der Waals surface area contributed by atoms with Gasteiger partial charge in [-0.2, -0.15) is 0 Å². The smallest absolute Gasteiger partial charge is 0.122 e. The van der Waals surface area contributed by atoms with Crippen molar-refractivity contribution in [2.24, 2.45) is 0 Å². The summed E-state index contributed by atoms with van der Waals surface area (Å²) in [6, 6.07) is 6.44. The average Bonchev–Trinajstić information content (AvgIpc) is 2.45. The predicted molar refractivity (Wildman–Crippen MR) is 85.5 cm³/mol. The van der Waals surface area contributed by atoms with Gasteiger partial charge in [-0.15, -0.1) is 0 Å². The Morgan fingerprint density at radius 3 is 2.85 bits per heavy atom. The summed E-state index contributed by atoms with van der Waals surface area (Å²) in [7, 11) is 3.73. The molecule has 0 amide bonds. The van der Waals surface area contributed by atoms with Crippen molar-refractivity contribution in [1.82, 2.24) is 5.32 Å². The van der Waals surface area contributed by atoms with E-state index in [1.807, 2.05) is 19.2 Å². The van der Waals surface area contributed by atoms with Gasteiger partial charge in [-0.3, -0.25) is 0 Å². The van der Waals surface area contributed by atoms with Crippen LogP contribution in [0.5, 0.6) is 5.75 Å². The average molecular weight is 342 g/mol. The molecule has 1 fully saturated rings. The Balaban J connectivity index is 2.19. The Kier molecular flexibility index (Phi) is 5.47. The quantitative estimate of drug-likeness (QED) is 0.888. The summed E-state index contributed by atoms with van der Waals surface area (Å²) in [6.45, 7) is 3.09. The molecule has 0 spiro atoms. The number of rotatable bonds is 5. The van der Waals surface area contributed by atoms with Crippen molar-refractivity contribution in [1.29, 1.82) is 0 Å². The van der Waals surface area contributed by atoms with Gasteiger partial charge in [0.15, 0.2) is 0 Å². The highest BCUT2D eigenvalue weighted by Crippen LogP contribution is 2.32. The molecule has 2 rings (SSSR count). The van der Waals surface area contributed by atoms with Crippen LogP contribution in [-0.4, -0.2) is 32.4 Å².